The Morgan fingerprint density at radius 1 is 0.522 bits per heavy atom. The van der Waals surface area contributed by atoms with Gasteiger partial charge in [-0.1, -0.05) is 39.8 Å². The van der Waals surface area contributed by atoms with E-state index < -0.39 is 145 Å². The summed E-state index contributed by atoms with van der Waals surface area (Å²) in [5.74, 6) is -12.4. The number of hydrogen-bond acceptors (Lipinski definition) is 19. The average molecular weight is 1280 g/mol. The van der Waals surface area contributed by atoms with Crippen molar-refractivity contribution in [2.24, 2.45) is 34.8 Å². The number of methoxy groups -OCH3 is 1. The number of primary amides is 1. The van der Waals surface area contributed by atoms with Crippen LogP contribution in [0.1, 0.15) is 111 Å². The summed E-state index contributed by atoms with van der Waals surface area (Å²) in [7, 11) is 2.83. The lowest BCUT2D eigenvalue weighted by molar-refractivity contribution is -0.142. The number of guanidine groups is 2. The van der Waals surface area contributed by atoms with E-state index in [1.807, 2.05) is 13.8 Å². The van der Waals surface area contributed by atoms with Crippen LogP contribution in [-0.4, -0.2) is 211 Å². The second-order valence-electron chi connectivity index (χ2n) is 22.4. The number of phenols is 1. The lowest BCUT2D eigenvalue weighted by Gasteiger charge is -2.29. The van der Waals surface area contributed by atoms with Crippen molar-refractivity contribution in [3.8, 4) is 5.75 Å². The summed E-state index contributed by atoms with van der Waals surface area (Å²) in [6, 6.07) is -9.43. The summed E-state index contributed by atoms with van der Waals surface area (Å²) < 4.78 is 5.12. The van der Waals surface area contributed by atoms with Crippen molar-refractivity contribution in [3.05, 3.63) is 29.8 Å². The molecule has 1 aromatic carbocycles. The molecule has 1 rings (SSSR count). The highest BCUT2D eigenvalue weighted by Crippen LogP contribution is 2.15. The average Bonchev–Trinajstić information content (AvgIpc) is 1.31. The number of carbonyl (C=O) groups excluding carboxylic acids is 10. The largest absolute Gasteiger partial charge is 0.508 e. The first-order valence-corrected chi connectivity index (χ1v) is 29.7. The van der Waals surface area contributed by atoms with Gasteiger partial charge < -0.3 is 112 Å². The van der Waals surface area contributed by atoms with Crippen LogP contribution in [0.3, 0.4) is 0 Å². The van der Waals surface area contributed by atoms with E-state index in [9.17, 15) is 73.2 Å². The van der Waals surface area contributed by atoms with E-state index >= 15 is 0 Å². The Kier molecular flexibility index (Phi) is 37.5. The van der Waals surface area contributed by atoms with Crippen LogP contribution < -0.4 is 86.7 Å². The number of phenolic OH excluding ortho intramolecular Hbond substituents is 1. The van der Waals surface area contributed by atoms with Crippen molar-refractivity contribution < 1.29 is 77.9 Å². The van der Waals surface area contributed by atoms with Gasteiger partial charge in [0, 0.05) is 33.2 Å². The number of aliphatic carboxylic acids is 1. The molecule has 0 aliphatic rings. The normalized spacial score (nSPS) is 14.8. The summed E-state index contributed by atoms with van der Waals surface area (Å²) in [4.78, 5) is 150. The molecular formula is C56H98N18O16. The summed E-state index contributed by atoms with van der Waals surface area (Å²) in [6.07, 6.45) is -2.38. The van der Waals surface area contributed by atoms with Crippen molar-refractivity contribution in [3.63, 3.8) is 0 Å². The maximum Gasteiger partial charge on any atom is 0.305 e. The van der Waals surface area contributed by atoms with Crippen LogP contribution in [0, 0.1) is 22.7 Å². The molecule has 0 fully saturated rings. The molecule has 0 saturated heterocycles. The predicted molar refractivity (Wildman–Crippen MR) is 329 cm³/mol. The number of carbonyl (C=O) groups is 11. The molecule has 508 valence electrons. The van der Waals surface area contributed by atoms with Gasteiger partial charge in [0.15, 0.2) is 11.9 Å². The summed E-state index contributed by atoms with van der Waals surface area (Å²) in [5, 5.41) is 86.2. The second-order valence-corrected chi connectivity index (χ2v) is 22.4. The summed E-state index contributed by atoms with van der Waals surface area (Å²) >= 11 is 0. The van der Waals surface area contributed by atoms with Crippen LogP contribution in [-0.2, 0) is 63.9 Å². The maximum atomic E-state index is 14.4. The Bertz CT molecular complexity index is 2530. The van der Waals surface area contributed by atoms with Gasteiger partial charge >= 0.3 is 5.97 Å². The van der Waals surface area contributed by atoms with E-state index in [0.717, 1.165) is 6.92 Å². The first kappa shape index (κ1) is 79.5. The maximum absolute atomic E-state index is 14.4. The van der Waals surface area contributed by atoms with Crippen molar-refractivity contribution in [2.45, 2.75) is 178 Å². The number of rotatable bonds is 45. The number of likely N-dealkylation sites (N-methyl/N-ethyl adjacent to an activating group) is 1. The number of carboxylic acids is 1. The molecule has 0 aromatic heterocycles. The quantitative estimate of drug-likeness (QED) is 0.0164. The van der Waals surface area contributed by atoms with E-state index in [2.05, 4.69) is 63.8 Å². The fraction of sp³-hybridized carbons (Fsp3) is 0.661. The van der Waals surface area contributed by atoms with Gasteiger partial charge in [0.1, 0.15) is 60.1 Å². The number of aromatic hydroxyl groups is 1. The van der Waals surface area contributed by atoms with Gasteiger partial charge in [-0.3, -0.25) is 63.6 Å². The molecule has 0 aliphatic carbocycles. The highest BCUT2D eigenvalue weighted by molar-refractivity contribution is 5.99. The third-order valence-corrected chi connectivity index (χ3v) is 13.7. The molecule has 0 saturated carbocycles. The first-order chi connectivity index (χ1) is 42.4. The van der Waals surface area contributed by atoms with E-state index in [4.69, 9.17) is 38.5 Å². The van der Waals surface area contributed by atoms with Gasteiger partial charge in [-0.2, -0.15) is 0 Å². The van der Waals surface area contributed by atoms with E-state index in [1.165, 1.54) is 31.4 Å². The minimum Gasteiger partial charge on any atom is -0.508 e. The monoisotopic (exact) mass is 1280 g/mol. The van der Waals surface area contributed by atoms with E-state index in [-0.39, 0.29) is 114 Å². The van der Waals surface area contributed by atoms with Crippen molar-refractivity contribution in [2.75, 3.05) is 47.0 Å². The molecule has 0 bridgehead atoms. The molecule has 90 heavy (non-hydrogen) atoms. The fourth-order valence-electron chi connectivity index (χ4n) is 8.89. The lowest BCUT2D eigenvalue weighted by Crippen LogP contribution is -2.62. The van der Waals surface area contributed by atoms with Gasteiger partial charge in [0.25, 0.3) is 0 Å². The molecule has 26 N–H and O–H groups in total. The fourth-order valence-corrected chi connectivity index (χ4v) is 8.89. The molecule has 0 aliphatic heterocycles. The zero-order chi connectivity index (χ0) is 68.2. The number of nitrogens with two attached hydrogens (primary N) is 4. The van der Waals surface area contributed by atoms with Crippen LogP contribution in [0.15, 0.2) is 24.3 Å². The molecular weight excluding hydrogens is 1180 g/mol. The zero-order valence-electron chi connectivity index (χ0n) is 52.3. The Morgan fingerprint density at radius 2 is 0.911 bits per heavy atom. The molecule has 0 radical (unpaired) electrons. The molecule has 0 heterocycles. The SMILES string of the molecule is CN[C@@H](CC(C)C)C(=O)N[C@@H](CCCNC(=N)N)C(=O)N[C@@H](CO)C(=O)N[C@@H](CCOC)C(=O)N[C@H](C(=O)N[C@@H](CC(=O)O)C(=O)N[C@@H](CCCCN)C(=O)N[C@@H](Cc1ccc(O)cc1)C(=O)N[C@@H](CCCNC(=N)N)C(=O)N[C@@H](CC(C)C)C(N)=O)[C@@H](C)O. The smallest absolute Gasteiger partial charge is 0.305 e. The molecule has 0 unspecified atom stereocenters. The topological polar surface area (TPSA) is 574 Å². The van der Waals surface area contributed by atoms with Crippen LogP contribution >= 0.6 is 0 Å². The first-order valence-electron chi connectivity index (χ1n) is 29.7. The number of aliphatic hydroxyl groups excluding tert-OH is 2. The van der Waals surface area contributed by atoms with Crippen LogP contribution in [0.5, 0.6) is 5.75 Å². The highest BCUT2D eigenvalue weighted by Gasteiger charge is 2.37. The second kappa shape index (κ2) is 42.5. The molecule has 1 aromatic rings. The lowest BCUT2D eigenvalue weighted by atomic mass is 10.0. The Balaban J connectivity index is 3.60. The Labute approximate surface area is 523 Å². The number of nitrogens with one attached hydrogen (secondary N) is 14. The number of amides is 10. The molecule has 34 heteroatoms. The number of benzene rings is 1. The van der Waals surface area contributed by atoms with Crippen molar-refractivity contribution >= 4 is 77.0 Å². The van der Waals surface area contributed by atoms with Crippen molar-refractivity contribution in [1.29, 1.82) is 10.8 Å². The van der Waals surface area contributed by atoms with Crippen LogP contribution in [0.4, 0.5) is 0 Å². The van der Waals surface area contributed by atoms with E-state index in [0.29, 0.717) is 18.4 Å². The number of aliphatic hydroxyl groups is 2. The molecule has 34 nitrogen and oxygen atoms in total. The predicted octanol–water partition coefficient (Wildman–Crippen LogP) is -6.00. The van der Waals surface area contributed by atoms with Gasteiger partial charge in [-0.15, -0.1) is 0 Å². The highest BCUT2D eigenvalue weighted by atomic mass is 16.5. The van der Waals surface area contributed by atoms with Gasteiger partial charge in [-0.05, 0) is 114 Å². The third kappa shape index (κ3) is 31.6. The van der Waals surface area contributed by atoms with Gasteiger partial charge in [0.05, 0.1) is 25.2 Å². The minimum absolute atomic E-state index is 0.0158. The van der Waals surface area contributed by atoms with Gasteiger partial charge in [-0.25, -0.2) is 0 Å². The Morgan fingerprint density at radius 3 is 1.33 bits per heavy atom. The number of hydrogen-bond donors (Lipinski definition) is 22. The van der Waals surface area contributed by atoms with Gasteiger partial charge in [0.2, 0.25) is 59.1 Å². The Hall–Kier alpha value is -8.47. The summed E-state index contributed by atoms with van der Waals surface area (Å²) in [5.41, 5.74) is 22.5. The number of unbranched alkanes of at least 4 members (excludes halogenated alkanes) is 1. The number of ether oxygens (including phenoxy) is 1. The van der Waals surface area contributed by atoms with Crippen molar-refractivity contribution in [1.82, 2.24) is 63.8 Å². The third-order valence-electron chi connectivity index (χ3n) is 13.7. The zero-order valence-corrected chi connectivity index (χ0v) is 52.3. The molecule has 0 spiro atoms. The summed E-state index contributed by atoms with van der Waals surface area (Å²) in [6.45, 7) is 7.59. The van der Waals surface area contributed by atoms with Crippen LogP contribution in [0.25, 0.3) is 0 Å². The molecule has 11 atom stereocenters. The number of carboxylic acid groups (broad SMARTS) is 1. The molecule has 10 amide bonds. The minimum atomic E-state index is -2.03. The van der Waals surface area contributed by atoms with E-state index in [1.54, 1.807) is 20.9 Å². The van der Waals surface area contributed by atoms with Crippen LogP contribution in [0.2, 0.25) is 0 Å². The standard InChI is InChI=1S/C56H98N18O16/c1-29(2)24-38(45(58)80)70-46(81)35(13-10-21-64-55(59)60)68-51(86)40(26-32-15-17-33(77)18-16-32)71-47(82)34(12-8-9-20-57)67-52(87)41(27-43(78)79)72-54(89)44(31(5)76)74-49(84)37(19-23-90-7)69-53(88)42(28-75)73-48(83)36(14-11-22-65-56(61)62)66-50(85)39(63-6)25-30(3)4/h15-18,29-31,34-42,44,63,75-77H,8-14,19-28,57H2,1-7H3,(H2,58,80)(H,66,85)(H,67,87)(H,68,86)(H,69,88)(H,70,81)(H,71,82)(H,72,89)(H,73,83)(H,74,84)(H,78,79)(H4,59,60,64)(H4,61,62,65)/t31-,34+,35+,36+,37+,38+,39+,40+,41+,42+,44+/m1/s1.